The molecule has 2 aliphatic rings. The molecule has 2 aromatic carbocycles. The number of hydrogen-bond donors (Lipinski definition) is 1. The van der Waals surface area contributed by atoms with E-state index in [1.54, 1.807) is 24.3 Å². The molecule has 3 aromatic rings. The Kier molecular flexibility index (Phi) is 5.29. The Bertz CT molecular complexity index is 1290. The predicted octanol–water partition coefficient (Wildman–Crippen LogP) is 5.14. The molecule has 1 N–H and O–H groups in total. The van der Waals surface area contributed by atoms with Crippen molar-refractivity contribution in [2.45, 2.75) is 39.0 Å². The number of carbonyl (C=O) groups excluding carboxylic acids is 2. The standard InChI is InChI=1S/C26H22FNO4S/c1-14-9-10-33-25(14)22-21(23(29)17-5-8-20-18(12-17)11-15(2)32-20)24(30)26(31)28(22)13-16-3-6-19(27)7-4-16/h3-10,12,15,22,29H,11,13H2,1-2H3/b23-21-. The van der Waals surface area contributed by atoms with Gasteiger partial charge in [-0.25, -0.2) is 4.39 Å². The van der Waals surface area contributed by atoms with E-state index >= 15 is 0 Å². The first-order valence-corrected chi connectivity index (χ1v) is 11.6. The summed E-state index contributed by atoms with van der Waals surface area (Å²) in [5, 5.41) is 13.2. The van der Waals surface area contributed by atoms with Crippen molar-refractivity contribution in [1.82, 2.24) is 4.90 Å². The van der Waals surface area contributed by atoms with Crippen LogP contribution in [0.25, 0.3) is 5.76 Å². The highest BCUT2D eigenvalue weighted by Gasteiger charge is 2.47. The molecule has 1 amide bonds. The number of likely N-dealkylation sites (tertiary alicyclic amines) is 1. The van der Waals surface area contributed by atoms with Gasteiger partial charge in [0, 0.05) is 23.4 Å². The van der Waals surface area contributed by atoms with Crippen molar-refractivity contribution in [2.24, 2.45) is 0 Å². The molecule has 2 unspecified atom stereocenters. The summed E-state index contributed by atoms with van der Waals surface area (Å²) in [5.74, 6) is -1.22. The summed E-state index contributed by atoms with van der Waals surface area (Å²) in [5.41, 5.74) is 3.13. The monoisotopic (exact) mass is 463 g/mol. The molecule has 0 saturated carbocycles. The highest BCUT2D eigenvalue weighted by molar-refractivity contribution is 7.10. The molecule has 0 bridgehead atoms. The minimum atomic E-state index is -0.725. The molecule has 1 aromatic heterocycles. The number of amides is 1. The van der Waals surface area contributed by atoms with E-state index < -0.39 is 17.7 Å². The fraction of sp³-hybridized carbons (Fsp3) is 0.231. The van der Waals surface area contributed by atoms with Gasteiger partial charge in [0.15, 0.2) is 0 Å². The zero-order valence-electron chi connectivity index (χ0n) is 18.2. The van der Waals surface area contributed by atoms with Gasteiger partial charge >= 0.3 is 0 Å². The number of rotatable bonds is 4. The molecule has 33 heavy (non-hydrogen) atoms. The largest absolute Gasteiger partial charge is 0.507 e. The first kappa shape index (κ1) is 21.4. The van der Waals surface area contributed by atoms with Gasteiger partial charge in [-0.1, -0.05) is 12.1 Å². The zero-order valence-corrected chi connectivity index (χ0v) is 19.0. The summed E-state index contributed by atoms with van der Waals surface area (Å²) >= 11 is 1.43. The lowest BCUT2D eigenvalue weighted by Crippen LogP contribution is -2.29. The van der Waals surface area contributed by atoms with E-state index in [1.165, 1.54) is 28.4 Å². The number of halogens is 1. The van der Waals surface area contributed by atoms with Gasteiger partial charge in [-0.05, 0) is 72.3 Å². The summed E-state index contributed by atoms with van der Waals surface area (Å²) in [4.78, 5) is 28.6. The zero-order chi connectivity index (χ0) is 23.3. The Hall–Kier alpha value is -3.45. The molecule has 1 fully saturated rings. The van der Waals surface area contributed by atoms with Crippen molar-refractivity contribution in [1.29, 1.82) is 0 Å². The molecule has 5 nitrogen and oxygen atoms in total. The van der Waals surface area contributed by atoms with Crippen molar-refractivity contribution in [3.05, 3.63) is 92.4 Å². The van der Waals surface area contributed by atoms with E-state index in [2.05, 4.69) is 0 Å². The van der Waals surface area contributed by atoms with Gasteiger partial charge in [-0.3, -0.25) is 9.59 Å². The first-order valence-electron chi connectivity index (χ1n) is 10.7. The maximum Gasteiger partial charge on any atom is 0.295 e. The molecular weight excluding hydrogens is 441 g/mol. The predicted molar refractivity (Wildman–Crippen MR) is 124 cm³/mol. The van der Waals surface area contributed by atoms with Gasteiger partial charge in [0.05, 0.1) is 5.57 Å². The normalized spacial score (nSPS) is 21.4. The summed E-state index contributed by atoms with van der Waals surface area (Å²) in [6.07, 6.45) is 0.760. The number of ketones is 1. The van der Waals surface area contributed by atoms with Gasteiger partial charge < -0.3 is 14.7 Å². The molecule has 2 aliphatic heterocycles. The highest BCUT2D eigenvalue weighted by Crippen LogP contribution is 2.44. The van der Waals surface area contributed by atoms with Crippen molar-refractivity contribution in [2.75, 3.05) is 0 Å². The SMILES string of the molecule is Cc1ccsc1C1/C(=C(/O)c2ccc3c(c2)CC(C)O3)C(=O)C(=O)N1Cc1ccc(F)cc1. The summed E-state index contributed by atoms with van der Waals surface area (Å²) in [6.45, 7) is 4.01. The molecule has 0 aliphatic carbocycles. The Morgan fingerprint density at radius 3 is 2.64 bits per heavy atom. The third-order valence-corrected chi connectivity index (χ3v) is 7.20. The number of aliphatic hydroxyl groups excluding tert-OH is 1. The molecule has 0 spiro atoms. The number of Topliss-reactive ketones (excluding diaryl/α,β-unsaturated/α-hetero) is 1. The van der Waals surface area contributed by atoms with Gasteiger partial charge in [0.2, 0.25) is 0 Å². The van der Waals surface area contributed by atoms with Gasteiger partial charge in [-0.15, -0.1) is 11.3 Å². The van der Waals surface area contributed by atoms with Crippen LogP contribution in [-0.4, -0.2) is 27.8 Å². The van der Waals surface area contributed by atoms with Crippen molar-refractivity contribution < 1.29 is 23.8 Å². The minimum absolute atomic E-state index is 0.0486. The van der Waals surface area contributed by atoms with Crippen LogP contribution in [0.4, 0.5) is 4.39 Å². The molecule has 168 valence electrons. The summed E-state index contributed by atoms with van der Waals surface area (Å²) in [7, 11) is 0. The Labute approximate surface area is 194 Å². The van der Waals surface area contributed by atoms with E-state index in [-0.39, 0.29) is 29.8 Å². The Morgan fingerprint density at radius 2 is 1.94 bits per heavy atom. The first-order chi connectivity index (χ1) is 15.8. The van der Waals surface area contributed by atoms with Crippen LogP contribution in [-0.2, 0) is 22.6 Å². The minimum Gasteiger partial charge on any atom is -0.507 e. The van der Waals surface area contributed by atoms with Crippen LogP contribution in [0.1, 0.15) is 40.1 Å². The van der Waals surface area contributed by atoms with Gasteiger partial charge in [0.25, 0.3) is 11.7 Å². The lowest BCUT2D eigenvalue weighted by Gasteiger charge is -2.25. The Balaban J connectivity index is 1.61. The topological polar surface area (TPSA) is 66.8 Å². The lowest BCUT2D eigenvalue weighted by atomic mass is 9.97. The maximum absolute atomic E-state index is 13.4. The molecule has 3 heterocycles. The van der Waals surface area contributed by atoms with Crippen LogP contribution in [0.2, 0.25) is 0 Å². The third-order valence-electron chi connectivity index (χ3n) is 6.13. The number of aliphatic hydroxyl groups is 1. The molecule has 1 saturated heterocycles. The number of benzene rings is 2. The lowest BCUT2D eigenvalue weighted by molar-refractivity contribution is -0.140. The third kappa shape index (κ3) is 3.72. The van der Waals surface area contributed by atoms with Crippen molar-refractivity contribution in [3.63, 3.8) is 0 Å². The number of carbonyl (C=O) groups is 2. The van der Waals surface area contributed by atoms with E-state index in [9.17, 15) is 19.1 Å². The number of nitrogens with zero attached hydrogens (tertiary/aromatic N) is 1. The number of thiophene rings is 1. The molecular formula is C26H22FNO4S. The second-order valence-electron chi connectivity index (χ2n) is 8.48. The average molecular weight is 464 g/mol. The maximum atomic E-state index is 13.4. The summed E-state index contributed by atoms with van der Waals surface area (Å²) < 4.78 is 19.1. The Morgan fingerprint density at radius 1 is 1.18 bits per heavy atom. The second-order valence-corrected chi connectivity index (χ2v) is 9.42. The smallest absolute Gasteiger partial charge is 0.295 e. The van der Waals surface area contributed by atoms with Crippen LogP contribution >= 0.6 is 11.3 Å². The second kappa shape index (κ2) is 8.15. The van der Waals surface area contributed by atoms with Gasteiger partial charge in [-0.2, -0.15) is 0 Å². The average Bonchev–Trinajstić information content (AvgIpc) is 3.45. The quantitative estimate of drug-likeness (QED) is 0.331. The van der Waals surface area contributed by atoms with Crippen LogP contribution in [0, 0.1) is 12.7 Å². The fourth-order valence-corrected chi connectivity index (χ4v) is 5.54. The van der Waals surface area contributed by atoms with E-state index in [0.29, 0.717) is 17.5 Å². The van der Waals surface area contributed by atoms with Crippen LogP contribution in [0.15, 0.2) is 59.5 Å². The molecule has 0 radical (unpaired) electrons. The summed E-state index contributed by atoms with van der Waals surface area (Å²) in [6, 6.07) is 12.3. The number of aryl methyl sites for hydroxylation is 1. The van der Waals surface area contributed by atoms with Crippen molar-refractivity contribution in [3.8, 4) is 5.75 Å². The molecule has 7 heteroatoms. The van der Waals surface area contributed by atoms with Gasteiger partial charge in [0.1, 0.15) is 29.5 Å². The highest BCUT2D eigenvalue weighted by atomic mass is 32.1. The molecule has 2 atom stereocenters. The molecule has 5 rings (SSSR count). The fourth-order valence-electron chi connectivity index (χ4n) is 4.49. The van der Waals surface area contributed by atoms with E-state index in [4.69, 9.17) is 4.74 Å². The van der Waals surface area contributed by atoms with Crippen molar-refractivity contribution >= 4 is 28.8 Å². The number of ether oxygens (including phenoxy) is 1. The van der Waals surface area contributed by atoms with Crippen LogP contribution in [0.3, 0.4) is 0 Å². The van der Waals surface area contributed by atoms with Crippen LogP contribution in [0.5, 0.6) is 5.75 Å². The number of hydrogen-bond acceptors (Lipinski definition) is 5. The van der Waals surface area contributed by atoms with E-state index in [1.807, 2.05) is 31.4 Å². The van der Waals surface area contributed by atoms with Crippen LogP contribution < -0.4 is 4.74 Å². The number of fused-ring (bicyclic) bond motifs is 1. The van der Waals surface area contributed by atoms with E-state index in [0.717, 1.165) is 21.8 Å².